The summed E-state index contributed by atoms with van der Waals surface area (Å²) in [5.41, 5.74) is 0.0608. The molecule has 0 unspecified atom stereocenters. The molecule has 0 bridgehead atoms. The third-order valence-corrected chi connectivity index (χ3v) is 4.22. The van der Waals surface area contributed by atoms with Gasteiger partial charge >= 0.3 is 5.97 Å². The molecule has 1 N–H and O–H groups in total. The van der Waals surface area contributed by atoms with E-state index in [1.807, 2.05) is 31.4 Å². The van der Waals surface area contributed by atoms with Crippen LogP contribution in [0.15, 0.2) is 28.0 Å². The van der Waals surface area contributed by atoms with Crippen LogP contribution in [-0.2, 0) is 13.0 Å². The molecule has 6 heteroatoms. The topological polar surface area (TPSA) is 70.8 Å². The number of hydrogen-bond donors (Lipinski definition) is 1. The van der Waals surface area contributed by atoms with Crippen molar-refractivity contribution in [3.63, 3.8) is 0 Å². The minimum absolute atomic E-state index is 0.0157. The number of carbonyl (C=O) groups excluding carboxylic acids is 1. The monoisotopic (exact) mass is 321 g/mol. The van der Waals surface area contributed by atoms with Crippen LogP contribution < -0.4 is 0 Å². The Morgan fingerprint density at radius 3 is 2.59 bits per heavy atom. The van der Waals surface area contributed by atoms with Crippen molar-refractivity contribution in [2.45, 2.75) is 39.8 Å². The van der Waals surface area contributed by atoms with Gasteiger partial charge in [-0.3, -0.25) is 4.79 Å². The molecule has 0 fully saturated rings. The minimum atomic E-state index is -1.07. The van der Waals surface area contributed by atoms with Gasteiger partial charge in [0.05, 0.1) is 6.54 Å². The highest BCUT2D eigenvalue weighted by molar-refractivity contribution is 7.09. The van der Waals surface area contributed by atoms with E-state index >= 15 is 0 Å². The minimum Gasteiger partial charge on any atom is -0.478 e. The van der Waals surface area contributed by atoms with E-state index in [1.54, 1.807) is 23.2 Å². The molecule has 0 aliphatic heterocycles. The van der Waals surface area contributed by atoms with E-state index in [1.165, 1.54) is 6.07 Å². The summed E-state index contributed by atoms with van der Waals surface area (Å²) in [7, 11) is 0. The molecule has 0 saturated heterocycles. The number of carbonyl (C=O) groups is 2. The van der Waals surface area contributed by atoms with E-state index in [-0.39, 0.29) is 23.3 Å². The average molecular weight is 321 g/mol. The van der Waals surface area contributed by atoms with Crippen molar-refractivity contribution in [1.29, 1.82) is 0 Å². The van der Waals surface area contributed by atoms with Gasteiger partial charge in [0.15, 0.2) is 5.76 Å². The van der Waals surface area contributed by atoms with Crippen molar-refractivity contribution >= 4 is 23.2 Å². The van der Waals surface area contributed by atoms with Gasteiger partial charge in [0.2, 0.25) is 0 Å². The zero-order chi connectivity index (χ0) is 16.3. The standard InChI is InChI=1S/C16H19NO4S/c1-4-13-12(16(19)20)8-14(21-13)15(18)17(10(2)3)9-11-6-5-7-22-11/h5-8,10H,4,9H2,1-3H3,(H,19,20). The summed E-state index contributed by atoms with van der Waals surface area (Å²) in [6.45, 7) is 6.13. The van der Waals surface area contributed by atoms with Gasteiger partial charge in [0, 0.05) is 23.4 Å². The van der Waals surface area contributed by atoms with Crippen LogP contribution in [0.2, 0.25) is 0 Å². The number of thiophene rings is 1. The van der Waals surface area contributed by atoms with E-state index < -0.39 is 5.97 Å². The normalized spacial score (nSPS) is 10.9. The molecule has 2 aromatic heterocycles. The molecular formula is C16H19NO4S. The highest BCUT2D eigenvalue weighted by Gasteiger charge is 2.25. The molecule has 5 nitrogen and oxygen atoms in total. The summed E-state index contributed by atoms with van der Waals surface area (Å²) < 4.78 is 5.47. The number of carboxylic acids is 1. The van der Waals surface area contributed by atoms with Crippen molar-refractivity contribution < 1.29 is 19.1 Å². The van der Waals surface area contributed by atoms with Gasteiger partial charge in [-0.1, -0.05) is 13.0 Å². The molecule has 2 rings (SSSR count). The predicted molar refractivity (Wildman–Crippen MR) is 84.4 cm³/mol. The lowest BCUT2D eigenvalue weighted by atomic mass is 10.2. The van der Waals surface area contributed by atoms with Crippen LogP contribution in [0.25, 0.3) is 0 Å². The molecule has 118 valence electrons. The Balaban J connectivity index is 2.29. The maximum atomic E-state index is 12.7. The summed E-state index contributed by atoms with van der Waals surface area (Å²) in [5.74, 6) is -0.949. The van der Waals surface area contributed by atoms with Gasteiger partial charge in [-0.25, -0.2) is 4.79 Å². The molecule has 0 aliphatic rings. The molecule has 2 aromatic rings. The van der Waals surface area contributed by atoms with E-state index in [4.69, 9.17) is 9.52 Å². The van der Waals surface area contributed by atoms with Crippen LogP contribution in [-0.4, -0.2) is 27.9 Å². The third kappa shape index (κ3) is 3.39. The number of nitrogens with zero attached hydrogens (tertiary/aromatic N) is 1. The Hall–Kier alpha value is -2.08. The second kappa shape index (κ2) is 6.79. The SMILES string of the molecule is CCc1oc(C(=O)N(Cc2cccs2)C(C)C)cc1C(=O)O. The molecule has 0 saturated carbocycles. The summed E-state index contributed by atoms with van der Waals surface area (Å²) in [6.07, 6.45) is 0.432. The van der Waals surface area contributed by atoms with E-state index in [0.717, 1.165) is 4.88 Å². The van der Waals surface area contributed by atoms with E-state index in [9.17, 15) is 9.59 Å². The average Bonchev–Trinajstić information content (AvgIpc) is 3.12. The molecular weight excluding hydrogens is 302 g/mol. The van der Waals surface area contributed by atoms with Crippen molar-refractivity contribution in [2.24, 2.45) is 0 Å². The molecule has 0 aliphatic carbocycles. The molecule has 0 aromatic carbocycles. The fourth-order valence-electron chi connectivity index (χ4n) is 2.18. The number of aryl methyl sites for hydroxylation is 1. The molecule has 1 amide bonds. The third-order valence-electron chi connectivity index (χ3n) is 3.36. The highest BCUT2D eigenvalue weighted by atomic mass is 32.1. The van der Waals surface area contributed by atoms with Gasteiger partial charge in [-0.2, -0.15) is 0 Å². The van der Waals surface area contributed by atoms with Crippen molar-refractivity contribution in [2.75, 3.05) is 0 Å². The van der Waals surface area contributed by atoms with Crippen LogP contribution in [0.1, 0.15) is 52.3 Å². The smallest absolute Gasteiger partial charge is 0.339 e. The van der Waals surface area contributed by atoms with Crippen LogP contribution in [0.5, 0.6) is 0 Å². The fraction of sp³-hybridized carbons (Fsp3) is 0.375. The first kappa shape index (κ1) is 16.3. The number of carboxylic acid groups (broad SMARTS) is 1. The Morgan fingerprint density at radius 1 is 1.41 bits per heavy atom. The number of aromatic carboxylic acids is 1. The molecule has 0 radical (unpaired) electrons. The molecule has 22 heavy (non-hydrogen) atoms. The van der Waals surface area contributed by atoms with Gasteiger partial charge in [0.1, 0.15) is 11.3 Å². The lowest BCUT2D eigenvalue weighted by Crippen LogP contribution is -2.36. The summed E-state index contributed by atoms with van der Waals surface area (Å²) >= 11 is 1.58. The van der Waals surface area contributed by atoms with Gasteiger partial charge < -0.3 is 14.4 Å². The number of hydrogen-bond acceptors (Lipinski definition) is 4. The van der Waals surface area contributed by atoms with Gasteiger partial charge in [-0.15, -0.1) is 11.3 Å². The Morgan fingerprint density at radius 2 is 2.14 bits per heavy atom. The van der Waals surface area contributed by atoms with E-state index in [2.05, 4.69) is 0 Å². The van der Waals surface area contributed by atoms with Crippen molar-refractivity contribution in [3.8, 4) is 0 Å². The summed E-state index contributed by atoms with van der Waals surface area (Å²) in [5, 5.41) is 11.1. The Kier molecular flexibility index (Phi) is 5.03. The highest BCUT2D eigenvalue weighted by Crippen LogP contribution is 2.21. The first-order valence-electron chi connectivity index (χ1n) is 7.13. The number of amides is 1. The van der Waals surface area contributed by atoms with Crippen LogP contribution in [0.3, 0.4) is 0 Å². The second-order valence-corrected chi connectivity index (χ2v) is 6.24. The predicted octanol–water partition coefficient (Wildman–Crippen LogP) is 3.65. The first-order chi connectivity index (χ1) is 10.4. The molecule has 0 atom stereocenters. The lowest BCUT2D eigenvalue weighted by Gasteiger charge is -2.25. The van der Waals surface area contributed by atoms with Crippen LogP contribution in [0, 0.1) is 0 Å². The Bertz CT molecular complexity index is 658. The lowest BCUT2D eigenvalue weighted by molar-refractivity contribution is 0.0655. The maximum Gasteiger partial charge on any atom is 0.339 e. The van der Waals surface area contributed by atoms with Crippen molar-refractivity contribution in [1.82, 2.24) is 4.90 Å². The zero-order valence-corrected chi connectivity index (χ0v) is 13.6. The summed E-state index contributed by atoms with van der Waals surface area (Å²) in [6, 6.07) is 5.22. The van der Waals surface area contributed by atoms with E-state index in [0.29, 0.717) is 18.7 Å². The second-order valence-electron chi connectivity index (χ2n) is 5.21. The summed E-state index contributed by atoms with van der Waals surface area (Å²) in [4.78, 5) is 26.6. The molecule has 0 spiro atoms. The van der Waals surface area contributed by atoms with Gasteiger partial charge in [0.25, 0.3) is 5.91 Å². The number of furan rings is 1. The number of rotatable bonds is 6. The quantitative estimate of drug-likeness (QED) is 0.881. The Labute approximate surface area is 133 Å². The van der Waals surface area contributed by atoms with Gasteiger partial charge in [-0.05, 0) is 25.3 Å². The zero-order valence-electron chi connectivity index (χ0n) is 12.8. The van der Waals surface area contributed by atoms with Crippen LogP contribution in [0.4, 0.5) is 0 Å². The van der Waals surface area contributed by atoms with Crippen molar-refractivity contribution in [3.05, 3.63) is 45.5 Å². The first-order valence-corrected chi connectivity index (χ1v) is 8.01. The van der Waals surface area contributed by atoms with Crippen LogP contribution >= 0.6 is 11.3 Å². The maximum absolute atomic E-state index is 12.7. The largest absolute Gasteiger partial charge is 0.478 e. The molecule has 2 heterocycles. The fourth-order valence-corrected chi connectivity index (χ4v) is 2.88.